The highest BCUT2D eigenvalue weighted by Gasteiger charge is 2.14. The van der Waals surface area contributed by atoms with Crippen molar-refractivity contribution < 1.29 is 15.0 Å². The molecule has 92 valence electrons. The summed E-state index contributed by atoms with van der Waals surface area (Å²) >= 11 is 6.11. The smallest absolute Gasteiger partial charge is 0.155 e. The summed E-state index contributed by atoms with van der Waals surface area (Å²) < 4.78 is 0. The normalized spacial score (nSPS) is 10.3. The third-order valence-electron chi connectivity index (χ3n) is 2.76. The van der Waals surface area contributed by atoms with Crippen LogP contribution in [0.25, 0.3) is 11.1 Å². The lowest BCUT2D eigenvalue weighted by atomic mass is 9.99. The third kappa shape index (κ3) is 2.05. The summed E-state index contributed by atoms with van der Waals surface area (Å²) in [5, 5.41) is 19.2. The lowest BCUT2D eigenvalue weighted by Crippen LogP contribution is -1.91. The van der Waals surface area contributed by atoms with Gasteiger partial charge in [-0.2, -0.15) is 0 Å². The van der Waals surface area contributed by atoms with Crippen LogP contribution in [0.15, 0.2) is 30.3 Å². The largest absolute Gasteiger partial charge is 0.508 e. The van der Waals surface area contributed by atoms with Crippen molar-refractivity contribution in [2.24, 2.45) is 0 Å². The highest BCUT2D eigenvalue weighted by molar-refractivity contribution is 6.36. The maximum absolute atomic E-state index is 11.0. The van der Waals surface area contributed by atoms with Gasteiger partial charge in [-0.25, -0.2) is 0 Å². The summed E-state index contributed by atoms with van der Waals surface area (Å²) in [6.07, 6.45) is 0.536. The van der Waals surface area contributed by atoms with Gasteiger partial charge in [-0.3, -0.25) is 4.79 Å². The third-order valence-corrected chi connectivity index (χ3v) is 3.17. The van der Waals surface area contributed by atoms with E-state index < -0.39 is 0 Å². The van der Waals surface area contributed by atoms with Crippen molar-refractivity contribution in [3.8, 4) is 22.6 Å². The minimum absolute atomic E-state index is 0.0831. The van der Waals surface area contributed by atoms with Gasteiger partial charge in [-0.1, -0.05) is 23.7 Å². The summed E-state index contributed by atoms with van der Waals surface area (Å²) in [6, 6.07) is 8.17. The van der Waals surface area contributed by atoms with Crippen LogP contribution in [0.2, 0.25) is 5.02 Å². The fourth-order valence-electron chi connectivity index (χ4n) is 1.77. The predicted molar refractivity (Wildman–Crippen MR) is 70.3 cm³/mol. The molecule has 2 aromatic carbocycles. The predicted octanol–water partition coefficient (Wildman–Crippen LogP) is 3.54. The Morgan fingerprint density at radius 1 is 1.17 bits per heavy atom. The Labute approximate surface area is 109 Å². The van der Waals surface area contributed by atoms with Gasteiger partial charge in [0.15, 0.2) is 6.29 Å². The lowest BCUT2D eigenvalue weighted by molar-refractivity contribution is 0.112. The molecule has 0 amide bonds. The molecule has 4 heteroatoms. The van der Waals surface area contributed by atoms with E-state index in [1.807, 2.05) is 0 Å². The van der Waals surface area contributed by atoms with Crippen LogP contribution < -0.4 is 0 Å². The monoisotopic (exact) mass is 262 g/mol. The molecule has 0 spiro atoms. The molecule has 18 heavy (non-hydrogen) atoms. The van der Waals surface area contributed by atoms with Crippen LogP contribution in [-0.4, -0.2) is 16.5 Å². The van der Waals surface area contributed by atoms with Gasteiger partial charge in [0.2, 0.25) is 0 Å². The average molecular weight is 263 g/mol. The molecule has 3 nitrogen and oxygen atoms in total. The van der Waals surface area contributed by atoms with E-state index in [1.165, 1.54) is 12.1 Å². The van der Waals surface area contributed by atoms with Crippen LogP contribution in [0.5, 0.6) is 11.5 Å². The lowest BCUT2D eigenvalue weighted by Gasteiger charge is -2.11. The first kappa shape index (κ1) is 12.5. The minimum atomic E-state index is -0.0995. The molecular weight excluding hydrogens is 252 g/mol. The number of halogens is 1. The van der Waals surface area contributed by atoms with Gasteiger partial charge in [-0.05, 0) is 36.2 Å². The Morgan fingerprint density at radius 3 is 2.33 bits per heavy atom. The van der Waals surface area contributed by atoms with Crippen LogP contribution in [0.3, 0.4) is 0 Å². The number of carbonyl (C=O) groups excluding carboxylic acids is 1. The van der Waals surface area contributed by atoms with E-state index in [2.05, 4.69) is 0 Å². The Balaban J connectivity index is 2.68. The number of benzene rings is 2. The molecule has 0 aliphatic carbocycles. The maximum Gasteiger partial charge on any atom is 0.155 e. The number of hydrogen-bond donors (Lipinski definition) is 2. The summed E-state index contributed by atoms with van der Waals surface area (Å²) in [7, 11) is 0. The first-order valence-electron chi connectivity index (χ1n) is 5.31. The summed E-state index contributed by atoms with van der Waals surface area (Å²) in [5.74, 6) is 0.0542. The van der Waals surface area contributed by atoms with Crippen LogP contribution in [0.1, 0.15) is 15.9 Å². The highest BCUT2D eigenvalue weighted by Crippen LogP contribution is 2.37. The second kappa shape index (κ2) is 4.70. The molecule has 2 N–H and O–H groups in total. The van der Waals surface area contributed by atoms with E-state index >= 15 is 0 Å². The molecule has 2 aromatic rings. The zero-order valence-electron chi connectivity index (χ0n) is 9.64. The van der Waals surface area contributed by atoms with Crippen LogP contribution in [0.4, 0.5) is 0 Å². The maximum atomic E-state index is 11.0. The van der Waals surface area contributed by atoms with Gasteiger partial charge >= 0.3 is 0 Å². The van der Waals surface area contributed by atoms with E-state index in [1.54, 1.807) is 25.1 Å². The van der Waals surface area contributed by atoms with Crippen LogP contribution in [-0.2, 0) is 0 Å². The molecule has 0 aliphatic rings. The molecule has 0 saturated heterocycles. The molecular formula is C14H11ClO3. The number of aldehydes is 1. The molecule has 0 bridgehead atoms. The van der Waals surface area contributed by atoms with E-state index in [0.29, 0.717) is 17.4 Å². The van der Waals surface area contributed by atoms with Crippen molar-refractivity contribution in [3.63, 3.8) is 0 Å². The fraction of sp³-hybridized carbons (Fsp3) is 0.0714. The molecule has 0 aromatic heterocycles. The average Bonchev–Trinajstić information content (AvgIpc) is 2.36. The second-order valence-corrected chi connectivity index (χ2v) is 4.36. The topological polar surface area (TPSA) is 57.5 Å². The Bertz CT molecular complexity index is 603. The van der Waals surface area contributed by atoms with Gasteiger partial charge < -0.3 is 10.2 Å². The first-order valence-corrected chi connectivity index (χ1v) is 5.69. The first-order chi connectivity index (χ1) is 8.54. The van der Waals surface area contributed by atoms with E-state index in [-0.39, 0.29) is 22.1 Å². The SMILES string of the molecule is Cc1cc(-c2ccc(O)cc2)c(Cl)c(C=O)c1O. The molecule has 0 aliphatic heterocycles. The van der Waals surface area contributed by atoms with Gasteiger partial charge in [0.25, 0.3) is 0 Å². The molecule has 0 unspecified atom stereocenters. The van der Waals surface area contributed by atoms with Crippen molar-refractivity contribution in [2.45, 2.75) is 6.92 Å². The Kier molecular flexibility index (Phi) is 3.26. The van der Waals surface area contributed by atoms with Crippen molar-refractivity contribution in [2.75, 3.05) is 0 Å². The van der Waals surface area contributed by atoms with Crippen molar-refractivity contribution in [1.82, 2.24) is 0 Å². The molecule has 0 heterocycles. The fourth-order valence-corrected chi connectivity index (χ4v) is 2.07. The number of rotatable bonds is 2. The van der Waals surface area contributed by atoms with E-state index in [0.717, 1.165) is 5.56 Å². The highest BCUT2D eigenvalue weighted by atomic mass is 35.5. The summed E-state index contributed by atoms with van der Waals surface area (Å²) in [4.78, 5) is 11.0. The number of phenols is 2. The number of aromatic hydroxyl groups is 2. The van der Waals surface area contributed by atoms with E-state index in [9.17, 15) is 15.0 Å². The number of phenolic OH excluding ortho intramolecular Hbond substituents is 2. The van der Waals surface area contributed by atoms with Gasteiger partial charge in [0, 0.05) is 5.56 Å². The molecule has 0 fully saturated rings. The van der Waals surface area contributed by atoms with Crippen LogP contribution in [0, 0.1) is 6.92 Å². The van der Waals surface area contributed by atoms with Gasteiger partial charge in [0.1, 0.15) is 11.5 Å². The molecule has 0 atom stereocenters. The Morgan fingerprint density at radius 2 is 1.78 bits per heavy atom. The van der Waals surface area contributed by atoms with Crippen molar-refractivity contribution >= 4 is 17.9 Å². The molecule has 0 radical (unpaired) electrons. The minimum Gasteiger partial charge on any atom is -0.508 e. The van der Waals surface area contributed by atoms with Gasteiger partial charge in [-0.15, -0.1) is 0 Å². The Hall–Kier alpha value is -2.00. The standard InChI is InChI=1S/C14H11ClO3/c1-8-6-11(9-2-4-10(17)5-3-9)13(15)12(7-16)14(8)18/h2-7,17-18H,1H3. The van der Waals surface area contributed by atoms with Crippen molar-refractivity contribution in [3.05, 3.63) is 46.5 Å². The zero-order valence-corrected chi connectivity index (χ0v) is 10.4. The molecule has 0 saturated carbocycles. The second-order valence-electron chi connectivity index (χ2n) is 3.98. The van der Waals surface area contributed by atoms with Crippen molar-refractivity contribution in [1.29, 1.82) is 0 Å². The zero-order chi connectivity index (χ0) is 13.3. The summed E-state index contributed by atoms with van der Waals surface area (Å²) in [5.41, 5.74) is 2.07. The van der Waals surface area contributed by atoms with Gasteiger partial charge in [0.05, 0.1) is 10.6 Å². The quantitative estimate of drug-likeness (QED) is 0.814. The number of carbonyl (C=O) groups is 1. The number of aryl methyl sites for hydroxylation is 1. The summed E-state index contributed by atoms with van der Waals surface area (Å²) in [6.45, 7) is 1.70. The molecule has 2 rings (SSSR count). The number of hydrogen-bond acceptors (Lipinski definition) is 3. The van der Waals surface area contributed by atoms with E-state index in [4.69, 9.17) is 11.6 Å². The van der Waals surface area contributed by atoms with Crippen LogP contribution >= 0.6 is 11.6 Å².